The highest BCUT2D eigenvalue weighted by Crippen LogP contribution is 2.28. The minimum atomic E-state index is -0.0822. The SMILES string of the molecule is CCOc1cc(/C=C/C(=O)N(C)C(C)c2ccc(Cl)cc2)ccc1OC. The first-order chi connectivity index (χ1) is 12.5. The molecule has 0 aromatic heterocycles. The van der Waals surface area contributed by atoms with Crippen molar-refractivity contribution in [3.63, 3.8) is 0 Å². The summed E-state index contributed by atoms with van der Waals surface area (Å²) in [4.78, 5) is 14.2. The van der Waals surface area contributed by atoms with Gasteiger partial charge in [0.2, 0.25) is 5.91 Å². The van der Waals surface area contributed by atoms with E-state index >= 15 is 0 Å². The van der Waals surface area contributed by atoms with Crippen LogP contribution < -0.4 is 9.47 Å². The van der Waals surface area contributed by atoms with Gasteiger partial charge in [-0.3, -0.25) is 4.79 Å². The molecule has 0 bridgehead atoms. The van der Waals surface area contributed by atoms with Gasteiger partial charge < -0.3 is 14.4 Å². The highest BCUT2D eigenvalue weighted by Gasteiger charge is 2.15. The molecule has 2 rings (SSSR count). The lowest BCUT2D eigenvalue weighted by Gasteiger charge is -2.24. The van der Waals surface area contributed by atoms with Crippen molar-refractivity contribution in [1.29, 1.82) is 0 Å². The summed E-state index contributed by atoms with van der Waals surface area (Å²) in [5, 5.41) is 0.680. The van der Waals surface area contributed by atoms with Crippen molar-refractivity contribution in [3.8, 4) is 11.5 Å². The maximum atomic E-state index is 12.5. The van der Waals surface area contributed by atoms with Crippen LogP contribution in [0.3, 0.4) is 0 Å². The third-order valence-electron chi connectivity index (χ3n) is 4.19. The minimum Gasteiger partial charge on any atom is -0.493 e. The van der Waals surface area contributed by atoms with Crippen molar-refractivity contribution >= 4 is 23.6 Å². The van der Waals surface area contributed by atoms with Gasteiger partial charge in [-0.1, -0.05) is 29.8 Å². The first-order valence-electron chi connectivity index (χ1n) is 8.47. The molecule has 0 aliphatic carbocycles. The van der Waals surface area contributed by atoms with Gasteiger partial charge in [-0.2, -0.15) is 0 Å². The maximum Gasteiger partial charge on any atom is 0.246 e. The summed E-state index contributed by atoms with van der Waals surface area (Å²) in [6.45, 7) is 4.44. The Morgan fingerprint density at radius 3 is 2.50 bits per heavy atom. The van der Waals surface area contributed by atoms with Gasteiger partial charge >= 0.3 is 0 Å². The van der Waals surface area contributed by atoms with E-state index in [9.17, 15) is 4.79 Å². The Hall–Kier alpha value is -2.46. The predicted octanol–water partition coefficient (Wildman–Crippen LogP) is 4.98. The van der Waals surface area contributed by atoms with Gasteiger partial charge in [-0.25, -0.2) is 0 Å². The molecule has 2 aromatic rings. The van der Waals surface area contributed by atoms with Gasteiger partial charge in [0.25, 0.3) is 0 Å². The summed E-state index contributed by atoms with van der Waals surface area (Å²) in [6, 6.07) is 13.0. The van der Waals surface area contributed by atoms with Crippen LogP contribution in [0.2, 0.25) is 5.02 Å². The molecule has 0 N–H and O–H groups in total. The fourth-order valence-corrected chi connectivity index (χ4v) is 2.63. The van der Waals surface area contributed by atoms with E-state index in [-0.39, 0.29) is 11.9 Å². The summed E-state index contributed by atoms with van der Waals surface area (Å²) in [5.74, 6) is 1.25. The normalized spacial score (nSPS) is 12.0. The highest BCUT2D eigenvalue weighted by molar-refractivity contribution is 6.30. The number of amides is 1. The van der Waals surface area contributed by atoms with Gasteiger partial charge in [0, 0.05) is 18.1 Å². The van der Waals surface area contributed by atoms with Gasteiger partial charge in [0.15, 0.2) is 11.5 Å². The van der Waals surface area contributed by atoms with E-state index in [1.165, 1.54) is 0 Å². The first-order valence-corrected chi connectivity index (χ1v) is 8.85. The number of likely N-dealkylation sites (N-methyl/N-ethyl adjacent to an activating group) is 1. The second kappa shape index (κ2) is 9.30. The zero-order chi connectivity index (χ0) is 19.1. The first kappa shape index (κ1) is 19.9. The maximum absolute atomic E-state index is 12.5. The molecule has 138 valence electrons. The lowest BCUT2D eigenvalue weighted by Crippen LogP contribution is -2.27. The zero-order valence-electron chi connectivity index (χ0n) is 15.5. The van der Waals surface area contributed by atoms with Gasteiger partial charge in [0.1, 0.15) is 0 Å². The van der Waals surface area contributed by atoms with Crippen LogP contribution in [0, 0.1) is 0 Å². The molecule has 1 unspecified atom stereocenters. The van der Waals surface area contributed by atoms with Crippen molar-refractivity contribution in [3.05, 3.63) is 64.7 Å². The average molecular weight is 374 g/mol. The van der Waals surface area contributed by atoms with Crippen LogP contribution in [0.5, 0.6) is 11.5 Å². The summed E-state index contributed by atoms with van der Waals surface area (Å²) < 4.78 is 10.8. The molecule has 0 saturated heterocycles. The number of hydrogen-bond donors (Lipinski definition) is 0. The monoisotopic (exact) mass is 373 g/mol. The zero-order valence-corrected chi connectivity index (χ0v) is 16.3. The fourth-order valence-electron chi connectivity index (χ4n) is 2.51. The molecular weight excluding hydrogens is 350 g/mol. The van der Waals surface area contributed by atoms with Crippen LogP contribution in [0.25, 0.3) is 6.08 Å². The molecule has 1 amide bonds. The van der Waals surface area contributed by atoms with E-state index < -0.39 is 0 Å². The Balaban J connectivity index is 2.10. The molecule has 5 heteroatoms. The quantitative estimate of drug-likeness (QED) is 0.642. The third kappa shape index (κ3) is 5.02. The van der Waals surface area contributed by atoms with Gasteiger partial charge in [-0.15, -0.1) is 0 Å². The number of nitrogens with zero attached hydrogens (tertiary/aromatic N) is 1. The Labute approximate surface area is 160 Å². The van der Waals surface area contributed by atoms with Crippen LogP contribution in [0.4, 0.5) is 0 Å². The lowest BCUT2D eigenvalue weighted by molar-refractivity contribution is -0.126. The van der Waals surface area contributed by atoms with Crippen molar-refractivity contribution in [2.45, 2.75) is 19.9 Å². The van der Waals surface area contributed by atoms with Gasteiger partial charge in [-0.05, 0) is 55.3 Å². The smallest absolute Gasteiger partial charge is 0.246 e. The number of carbonyl (C=O) groups is 1. The second-order valence-corrected chi connectivity index (χ2v) is 6.29. The van der Waals surface area contributed by atoms with E-state index in [1.807, 2.05) is 56.3 Å². The topological polar surface area (TPSA) is 38.8 Å². The molecule has 0 fully saturated rings. The molecule has 26 heavy (non-hydrogen) atoms. The molecule has 0 aliphatic heterocycles. The van der Waals surface area contributed by atoms with Crippen LogP contribution >= 0.6 is 11.6 Å². The average Bonchev–Trinajstić information content (AvgIpc) is 2.66. The van der Waals surface area contributed by atoms with Crippen molar-refractivity contribution in [2.75, 3.05) is 20.8 Å². The molecular formula is C21H24ClNO3. The molecule has 4 nitrogen and oxygen atoms in total. The molecule has 2 aromatic carbocycles. The molecule has 0 saturated carbocycles. The number of carbonyl (C=O) groups excluding carboxylic acids is 1. The van der Waals surface area contributed by atoms with E-state index in [1.54, 1.807) is 31.2 Å². The number of halogens is 1. The largest absolute Gasteiger partial charge is 0.493 e. The van der Waals surface area contributed by atoms with Crippen molar-refractivity contribution < 1.29 is 14.3 Å². The lowest BCUT2D eigenvalue weighted by atomic mass is 10.1. The van der Waals surface area contributed by atoms with E-state index in [2.05, 4.69) is 0 Å². The predicted molar refractivity (Wildman–Crippen MR) is 106 cm³/mol. The van der Waals surface area contributed by atoms with Crippen LogP contribution in [-0.2, 0) is 4.79 Å². The summed E-state index contributed by atoms with van der Waals surface area (Å²) in [5.41, 5.74) is 1.90. The van der Waals surface area contributed by atoms with E-state index in [4.69, 9.17) is 21.1 Å². The molecule has 0 spiro atoms. The summed E-state index contributed by atoms with van der Waals surface area (Å²) >= 11 is 5.92. The van der Waals surface area contributed by atoms with E-state index in [0.717, 1.165) is 11.1 Å². The highest BCUT2D eigenvalue weighted by atomic mass is 35.5. The molecule has 0 radical (unpaired) electrons. The van der Waals surface area contributed by atoms with Crippen LogP contribution in [0.15, 0.2) is 48.5 Å². The Kier molecular flexibility index (Phi) is 7.10. The Bertz CT molecular complexity index is 771. The number of methoxy groups -OCH3 is 1. The molecule has 1 atom stereocenters. The van der Waals surface area contributed by atoms with Crippen molar-refractivity contribution in [1.82, 2.24) is 4.90 Å². The molecule has 0 aliphatic rings. The Morgan fingerprint density at radius 2 is 1.88 bits per heavy atom. The van der Waals surface area contributed by atoms with Crippen LogP contribution in [-0.4, -0.2) is 31.6 Å². The summed E-state index contributed by atoms with van der Waals surface area (Å²) in [7, 11) is 3.38. The standard InChI is InChI=1S/C21H24ClNO3/c1-5-26-20-14-16(6-12-19(20)25-4)7-13-21(24)23(3)15(2)17-8-10-18(22)11-9-17/h6-15H,5H2,1-4H3/b13-7+. The number of rotatable bonds is 7. The van der Waals surface area contributed by atoms with E-state index in [0.29, 0.717) is 23.1 Å². The molecule has 0 heterocycles. The fraction of sp³-hybridized carbons (Fsp3) is 0.286. The number of ether oxygens (including phenoxy) is 2. The number of benzene rings is 2. The van der Waals surface area contributed by atoms with Crippen molar-refractivity contribution in [2.24, 2.45) is 0 Å². The third-order valence-corrected chi connectivity index (χ3v) is 4.44. The summed E-state index contributed by atoms with van der Waals surface area (Å²) in [6.07, 6.45) is 3.33. The number of hydrogen-bond acceptors (Lipinski definition) is 3. The second-order valence-electron chi connectivity index (χ2n) is 5.85. The Morgan fingerprint density at radius 1 is 1.19 bits per heavy atom. The minimum absolute atomic E-state index is 0.0562. The van der Waals surface area contributed by atoms with Gasteiger partial charge in [0.05, 0.1) is 19.8 Å². The van der Waals surface area contributed by atoms with Crippen LogP contribution in [0.1, 0.15) is 31.0 Å².